The molecule has 5 heteroatoms. The third kappa shape index (κ3) is 5.65. The zero-order chi connectivity index (χ0) is 18.4. The second kappa shape index (κ2) is 9.65. The van der Waals surface area contributed by atoms with Crippen molar-refractivity contribution >= 4 is 23.4 Å². The van der Waals surface area contributed by atoms with E-state index in [0.717, 1.165) is 36.8 Å². The summed E-state index contributed by atoms with van der Waals surface area (Å²) >= 11 is 7.84. The van der Waals surface area contributed by atoms with Gasteiger partial charge in [0.25, 0.3) is 0 Å². The van der Waals surface area contributed by atoms with Crippen molar-refractivity contribution in [2.45, 2.75) is 30.3 Å². The molecule has 0 saturated carbocycles. The molecule has 0 aromatic heterocycles. The van der Waals surface area contributed by atoms with Gasteiger partial charge >= 0.3 is 0 Å². The van der Waals surface area contributed by atoms with E-state index in [1.807, 2.05) is 24.3 Å². The van der Waals surface area contributed by atoms with Gasteiger partial charge in [0.15, 0.2) is 0 Å². The van der Waals surface area contributed by atoms with Crippen LogP contribution in [-0.2, 0) is 6.42 Å². The van der Waals surface area contributed by atoms with Gasteiger partial charge in [0.1, 0.15) is 12.4 Å². The fourth-order valence-corrected chi connectivity index (χ4v) is 3.87. The molecule has 2 aromatic carbocycles. The minimum atomic E-state index is 0.353. The third-order valence-corrected chi connectivity index (χ3v) is 5.85. The van der Waals surface area contributed by atoms with Crippen LogP contribution in [0.4, 0.5) is 0 Å². The molecule has 1 heterocycles. The van der Waals surface area contributed by atoms with E-state index in [0.29, 0.717) is 18.7 Å². The quantitative estimate of drug-likeness (QED) is 0.710. The Labute approximate surface area is 166 Å². The molecule has 3 rings (SSSR count). The fourth-order valence-electron chi connectivity index (χ4n) is 3.25. The van der Waals surface area contributed by atoms with E-state index in [4.69, 9.17) is 16.3 Å². The minimum Gasteiger partial charge on any atom is -0.492 e. The van der Waals surface area contributed by atoms with Crippen LogP contribution in [0.1, 0.15) is 12.5 Å². The molecule has 1 saturated heterocycles. The van der Waals surface area contributed by atoms with Crippen LogP contribution in [0, 0.1) is 0 Å². The smallest absolute Gasteiger partial charge is 0.119 e. The largest absolute Gasteiger partial charge is 0.492 e. The summed E-state index contributed by atoms with van der Waals surface area (Å²) in [5.74, 6) is 0.939. The van der Waals surface area contributed by atoms with Crippen LogP contribution < -0.4 is 10.1 Å². The van der Waals surface area contributed by atoms with Crippen molar-refractivity contribution in [1.82, 2.24) is 10.2 Å². The molecule has 1 aliphatic heterocycles. The predicted octanol–water partition coefficient (Wildman–Crippen LogP) is 4.35. The lowest BCUT2D eigenvalue weighted by Crippen LogP contribution is -2.57. The molecule has 2 unspecified atom stereocenters. The molecule has 1 fully saturated rings. The predicted molar refractivity (Wildman–Crippen MR) is 112 cm³/mol. The van der Waals surface area contributed by atoms with Gasteiger partial charge in [-0.15, -0.1) is 11.8 Å². The van der Waals surface area contributed by atoms with Crippen LogP contribution in [0.3, 0.4) is 0 Å². The summed E-state index contributed by atoms with van der Waals surface area (Å²) in [5.41, 5.74) is 1.30. The van der Waals surface area contributed by atoms with E-state index in [-0.39, 0.29) is 0 Å². The summed E-state index contributed by atoms with van der Waals surface area (Å²) in [7, 11) is 0. The van der Waals surface area contributed by atoms with E-state index < -0.39 is 0 Å². The molecule has 1 aliphatic rings. The summed E-state index contributed by atoms with van der Waals surface area (Å²) in [6, 6.07) is 17.4. The minimum absolute atomic E-state index is 0.353. The second-order valence-corrected chi connectivity index (χ2v) is 8.13. The van der Waals surface area contributed by atoms with Gasteiger partial charge in [-0.2, -0.15) is 0 Å². The molecule has 140 valence electrons. The van der Waals surface area contributed by atoms with Gasteiger partial charge in [0.2, 0.25) is 0 Å². The highest BCUT2D eigenvalue weighted by Gasteiger charge is 2.25. The van der Waals surface area contributed by atoms with Crippen LogP contribution in [0.5, 0.6) is 5.75 Å². The molecule has 0 spiro atoms. The number of hydrogen-bond acceptors (Lipinski definition) is 4. The molecular formula is C21H27ClN2OS. The molecule has 0 aliphatic carbocycles. The number of thioether (sulfide) groups is 1. The van der Waals surface area contributed by atoms with Crippen LogP contribution >= 0.6 is 23.4 Å². The highest BCUT2D eigenvalue weighted by Crippen LogP contribution is 2.19. The first-order valence-electron chi connectivity index (χ1n) is 9.13. The molecule has 0 radical (unpaired) electrons. The van der Waals surface area contributed by atoms with Crippen molar-refractivity contribution in [3.63, 3.8) is 0 Å². The first-order chi connectivity index (χ1) is 12.6. The number of halogens is 1. The van der Waals surface area contributed by atoms with E-state index in [1.165, 1.54) is 10.5 Å². The van der Waals surface area contributed by atoms with Crippen molar-refractivity contribution in [3.05, 3.63) is 59.1 Å². The molecular weight excluding hydrogens is 364 g/mol. The molecule has 0 bridgehead atoms. The summed E-state index contributed by atoms with van der Waals surface area (Å²) in [6.07, 6.45) is 3.11. The number of nitrogens with one attached hydrogen (secondary N) is 1. The normalized spacial score (nSPS) is 20.9. The lowest BCUT2D eigenvalue weighted by atomic mass is 10.1. The summed E-state index contributed by atoms with van der Waals surface area (Å²) < 4.78 is 5.99. The molecule has 0 amide bonds. The van der Waals surface area contributed by atoms with Crippen molar-refractivity contribution in [2.75, 3.05) is 32.5 Å². The van der Waals surface area contributed by atoms with E-state index in [9.17, 15) is 0 Å². The van der Waals surface area contributed by atoms with Gasteiger partial charge < -0.3 is 10.1 Å². The first kappa shape index (κ1) is 19.6. The molecule has 2 atom stereocenters. The topological polar surface area (TPSA) is 24.5 Å². The zero-order valence-electron chi connectivity index (χ0n) is 15.5. The van der Waals surface area contributed by atoms with Gasteiger partial charge in [-0.05, 0) is 61.6 Å². The number of piperazine rings is 1. The van der Waals surface area contributed by atoms with E-state index in [2.05, 4.69) is 47.7 Å². The van der Waals surface area contributed by atoms with Gasteiger partial charge in [-0.3, -0.25) is 4.90 Å². The Hall–Kier alpha value is -1.20. The van der Waals surface area contributed by atoms with Crippen LogP contribution in [-0.4, -0.2) is 49.5 Å². The second-order valence-electron chi connectivity index (χ2n) is 6.82. The van der Waals surface area contributed by atoms with Gasteiger partial charge in [0.05, 0.1) is 6.04 Å². The standard InChI is InChI=1S/C21H27ClN2OS/c1-16-13-23-19(15-25-20-6-8-21(26-2)9-7-20)14-24(16)11-10-17-4-3-5-18(22)12-17/h3-9,12,16,19,23H,10-11,13-15H2,1-2H3. The van der Waals surface area contributed by atoms with Gasteiger partial charge in [-0.25, -0.2) is 0 Å². The van der Waals surface area contributed by atoms with Crippen LogP contribution in [0.25, 0.3) is 0 Å². The highest BCUT2D eigenvalue weighted by atomic mass is 35.5. The maximum Gasteiger partial charge on any atom is 0.119 e. The summed E-state index contributed by atoms with van der Waals surface area (Å²) in [5, 5.41) is 4.42. The SMILES string of the molecule is CSc1ccc(OCC2CN(CCc3cccc(Cl)c3)C(C)CN2)cc1. The van der Waals surface area contributed by atoms with Crippen LogP contribution in [0.2, 0.25) is 5.02 Å². The summed E-state index contributed by atoms with van der Waals surface area (Å²) in [6.45, 7) is 6.02. The highest BCUT2D eigenvalue weighted by molar-refractivity contribution is 7.98. The average Bonchev–Trinajstić information content (AvgIpc) is 2.67. The van der Waals surface area contributed by atoms with Crippen LogP contribution in [0.15, 0.2) is 53.4 Å². The van der Waals surface area contributed by atoms with Crippen molar-refractivity contribution < 1.29 is 4.74 Å². The average molecular weight is 391 g/mol. The molecule has 3 nitrogen and oxygen atoms in total. The zero-order valence-corrected chi connectivity index (χ0v) is 17.0. The molecule has 2 aromatic rings. The number of rotatable bonds is 7. The maximum atomic E-state index is 6.10. The monoisotopic (exact) mass is 390 g/mol. The number of ether oxygens (including phenoxy) is 1. The fraction of sp³-hybridized carbons (Fsp3) is 0.429. The Morgan fingerprint density at radius 1 is 1.23 bits per heavy atom. The lowest BCUT2D eigenvalue weighted by Gasteiger charge is -2.38. The Balaban J connectivity index is 1.49. The number of benzene rings is 2. The molecule has 26 heavy (non-hydrogen) atoms. The van der Waals surface area contributed by atoms with Crippen molar-refractivity contribution in [3.8, 4) is 5.75 Å². The summed E-state index contributed by atoms with van der Waals surface area (Å²) in [4.78, 5) is 3.80. The third-order valence-electron chi connectivity index (χ3n) is 4.87. The lowest BCUT2D eigenvalue weighted by molar-refractivity contribution is 0.116. The molecule has 1 N–H and O–H groups in total. The number of hydrogen-bond donors (Lipinski definition) is 1. The van der Waals surface area contributed by atoms with E-state index in [1.54, 1.807) is 11.8 Å². The Kier molecular flexibility index (Phi) is 7.26. The van der Waals surface area contributed by atoms with E-state index >= 15 is 0 Å². The van der Waals surface area contributed by atoms with Crippen molar-refractivity contribution in [2.24, 2.45) is 0 Å². The Morgan fingerprint density at radius 2 is 2.04 bits per heavy atom. The Morgan fingerprint density at radius 3 is 2.77 bits per heavy atom. The van der Waals surface area contributed by atoms with Gasteiger partial charge in [0, 0.05) is 35.6 Å². The van der Waals surface area contributed by atoms with Crippen molar-refractivity contribution in [1.29, 1.82) is 0 Å². The Bertz CT molecular complexity index is 695. The number of nitrogens with zero attached hydrogens (tertiary/aromatic N) is 1. The maximum absolute atomic E-state index is 6.10. The first-order valence-corrected chi connectivity index (χ1v) is 10.7. The van der Waals surface area contributed by atoms with Gasteiger partial charge in [-0.1, -0.05) is 23.7 Å².